The molecular formula is C10H20ClN5. The quantitative estimate of drug-likeness (QED) is 0.821. The summed E-state index contributed by atoms with van der Waals surface area (Å²) in [5.74, 6) is 0. The molecule has 0 bridgehead atoms. The zero-order chi connectivity index (χ0) is 10.8. The molecule has 0 amide bonds. The molecule has 1 aliphatic heterocycles. The fourth-order valence-electron chi connectivity index (χ4n) is 1.98. The van der Waals surface area contributed by atoms with Crippen LogP contribution in [-0.4, -0.2) is 45.1 Å². The van der Waals surface area contributed by atoms with Crippen molar-refractivity contribution in [3.05, 3.63) is 11.9 Å². The van der Waals surface area contributed by atoms with E-state index in [4.69, 9.17) is 0 Å². The molecule has 5 nitrogen and oxygen atoms in total. The van der Waals surface area contributed by atoms with Crippen LogP contribution in [0.5, 0.6) is 0 Å². The summed E-state index contributed by atoms with van der Waals surface area (Å²) in [7, 11) is 1.94. The smallest absolute Gasteiger partial charge is 0.0738 e. The molecule has 0 saturated carbocycles. The molecule has 1 N–H and O–H groups in total. The molecule has 92 valence electrons. The lowest BCUT2D eigenvalue weighted by molar-refractivity contribution is 0.135. The van der Waals surface area contributed by atoms with Crippen molar-refractivity contribution in [2.45, 2.75) is 32.5 Å². The van der Waals surface area contributed by atoms with Crippen LogP contribution >= 0.6 is 12.4 Å². The van der Waals surface area contributed by atoms with Crippen LogP contribution in [0.3, 0.4) is 0 Å². The van der Waals surface area contributed by atoms with E-state index < -0.39 is 0 Å². The molecule has 1 aliphatic rings. The zero-order valence-electron chi connectivity index (χ0n) is 10.1. The standard InChI is InChI=1S/C10H19N5.ClH/c1-8-6-15(9(2)4-11-8)7-10-5-12-13-14(10)3;/h5,8-9,11H,4,6-7H2,1-3H3;1H. The number of rotatable bonds is 2. The molecule has 0 spiro atoms. The molecule has 1 fully saturated rings. The monoisotopic (exact) mass is 245 g/mol. The van der Waals surface area contributed by atoms with Gasteiger partial charge in [0, 0.05) is 38.8 Å². The van der Waals surface area contributed by atoms with Crippen molar-refractivity contribution >= 4 is 12.4 Å². The van der Waals surface area contributed by atoms with Crippen molar-refractivity contribution in [3.8, 4) is 0 Å². The fraction of sp³-hybridized carbons (Fsp3) is 0.800. The van der Waals surface area contributed by atoms with E-state index in [1.807, 2.05) is 17.9 Å². The van der Waals surface area contributed by atoms with E-state index in [0.29, 0.717) is 12.1 Å². The first kappa shape index (κ1) is 13.4. The Hall–Kier alpha value is -0.650. The van der Waals surface area contributed by atoms with Gasteiger partial charge in [0.2, 0.25) is 0 Å². The predicted octanol–water partition coefficient (Wildman–Crippen LogP) is 0.419. The third-order valence-electron chi connectivity index (χ3n) is 3.07. The highest BCUT2D eigenvalue weighted by Gasteiger charge is 2.22. The second-order valence-electron chi connectivity index (χ2n) is 4.44. The zero-order valence-corrected chi connectivity index (χ0v) is 10.9. The van der Waals surface area contributed by atoms with Crippen molar-refractivity contribution in [2.75, 3.05) is 13.1 Å². The van der Waals surface area contributed by atoms with Gasteiger partial charge in [-0.1, -0.05) is 5.21 Å². The maximum atomic E-state index is 3.95. The number of hydrogen-bond donors (Lipinski definition) is 1. The number of aromatic nitrogens is 3. The molecule has 0 aliphatic carbocycles. The van der Waals surface area contributed by atoms with Crippen molar-refractivity contribution in [2.24, 2.45) is 7.05 Å². The minimum Gasteiger partial charge on any atom is -0.311 e. The maximum absolute atomic E-state index is 3.95. The van der Waals surface area contributed by atoms with Crippen LogP contribution in [0.4, 0.5) is 0 Å². The van der Waals surface area contributed by atoms with Gasteiger partial charge in [-0.05, 0) is 13.8 Å². The van der Waals surface area contributed by atoms with Crippen molar-refractivity contribution in [3.63, 3.8) is 0 Å². The second kappa shape index (κ2) is 5.61. The summed E-state index contributed by atoms with van der Waals surface area (Å²) >= 11 is 0. The van der Waals surface area contributed by atoms with Gasteiger partial charge in [0.15, 0.2) is 0 Å². The lowest BCUT2D eigenvalue weighted by atomic mass is 10.1. The van der Waals surface area contributed by atoms with Crippen LogP contribution in [0.1, 0.15) is 19.5 Å². The van der Waals surface area contributed by atoms with Gasteiger partial charge < -0.3 is 5.32 Å². The van der Waals surface area contributed by atoms with Gasteiger partial charge in [-0.15, -0.1) is 17.5 Å². The van der Waals surface area contributed by atoms with E-state index in [1.54, 1.807) is 0 Å². The molecule has 1 aromatic heterocycles. The molecule has 1 saturated heterocycles. The topological polar surface area (TPSA) is 46.0 Å². The van der Waals surface area contributed by atoms with E-state index in [9.17, 15) is 0 Å². The van der Waals surface area contributed by atoms with Gasteiger partial charge in [0.05, 0.1) is 11.9 Å². The molecule has 2 unspecified atom stereocenters. The molecule has 2 atom stereocenters. The lowest BCUT2D eigenvalue weighted by Gasteiger charge is -2.37. The molecule has 1 aromatic rings. The van der Waals surface area contributed by atoms with Gasteiger partial charge in [-0.2, -0.15) is 0 Å². The van der Waals surface area contributed by atoms with Crippen LogP contribution in [0.25, 0.3) is 0 Å². The maximum Gasteiger partial charge on any atom is 0.0738 e. The summed E-state index contributed by atoms with van der Waals surface area (Å²) in [4.78, 5) is 2.47. The largest absolute Gasteiger partial charge is 0.311 e. The number of halogens is 1. The van der Waals surface area contributed by atoms with E-state index in [-0.39, 0.29) is 12.4 Å². The summed E-state index contributed by atoms with van der Waals surface area (Å²) < 4.78 is 1.85. The Kier molecular flexibility index (Phi) is 4.70. The number of aryl methyl sites for hydroxylation is 1. The normalized spacial score (nSPS) is 26.4. The molecule has 2 heterocycles. The third kappa shape index (κ3) is 2.93. The van der Waals surface area contributed by atoms with Crippen LogP contribution in [0.15, 0.2) is 6.20 Å². The van der Waals surface area contributed by atoms with E-state index in [0.717, 1.165) is 19.6 Å². The second-order valence-corrected chi connectivity index (χ2v) is 4.44. The molecule has 16 heavy (non-hydrogen) atoms. The van der Waals surface area contributed by atoms with Gasteiger partial charge in [0.25, 0.3) is 0 Å². The number of nitrogens with one attached hydrogen (secondary N) is 1. The van der Waals surface area contributed by atoms with Gasteiger partial charge in [0.1, 0.15) is 0 Å². The van der Waals surface area contributed by atoms with Crippen molar-refractivity contribution in [1.29, 1.82) is 0 Å². The SMILES string of the molecule is CC1CN(Cc2cnnn2C)C(C)CN1.Cl. The molecule has 6 heteroatoms. The summed E-state index contributed by atoms with van der Waals surface area (Å²) in [5, 5.41) is 11.3. The van der Waals surface area contributed by atoms with Gasteiger partial charge in [-0.3, -0.25) is 9.58 Å². The summed E-state index contributed by atoms with van der Waals surface area (Å²) in [5.41, 5.74) is 1.18. The van der Waals surface area contributed by atoms with E-state index in [2.05, 4.69) is 34.4 Å². The minimum absolute atomic E-state index is 0. The Morgan fingerprint density at radius 2 is 2.25 bits per heavy atom. The molecule has 2 rings (SSSR count). The lowest BCUT2D eigenvalue weighted by Crippen LogP contribution is -2.53. The Morgan fingerprint density at radius 1 is 1.50 bits per heavy atom. The van der Waals surface area contributed by atoms with Crippen LogP contribution < -0.4 is 5.32 Å². The highest BCUT2D eigenvalue weighted by atomic mass is 35.5. The Morgan fingerprint density at radius 3 is 2.88 bits per heavy atom. The first-order valence-electron chi connectivity index (χ1n) is 5.48. The van der Waals surface area contributed by atoms with Crippen molar-refractivity contribution < 1.29 is 0 Å². The van der Waals surface area contributed by atoms with E-state index in [1.165, 1.54) is 5.69 Å². The highest BCUT2D eigenvalue weighted by molar-refractivity contribution is 5.85. The van der Waals surface area contributed by atoms with Crippen LogP contribution in [0.2, 0.25) is 0 Å². The number of piperazine rings is 1. The molecular weight excluding hydrogens is 226 g/mol. The summed E-state index contributed by atoms with van der Waals surface area (Å²) in [6, 6.07) is 1.15. The Bertz CT molecular complexity index is 327. The average Bonchev–Trinajstić information content (AvgIpc) is 2.58. The van der Waals surface area contributed by atoms with Gasteiger partial charge >= 0.3 is 0 Å². The fourth-order valence-corrected chi connectivity index (χ4v) is 1.98. The molecule has 0 aromatic carbocycles. The first-order chi connectivity index (χ1) is 7.16. The van der Waals surface area contributed by atoms with E-state index >= 15 is 0 Å². The minimum atomic E-state index is 0. The first-order valence-corrected chi connectivity index (χ1v) is 5.48. The van der Waals surface area contributed by atoms with Crippen LogP contribution in [0, 0.1) is 0 Å². The average molecular weight is 246 g/mol. The molecule has 0 radical (unpaired) electrons. The third-order valence-corrected chi connectivity index (χ3v) is 3.07. The van der Waals surface area contributed by atoms with Gasteiger partial charge in [-0.25, -0.2) is 0 Å². The number of nitrogens with zero attached hydrogens (tertiary/aromatic N) is 4. The Labute approximate surface area is 103 Å². The van der Waals surface area contributed by atoms with Crippen molar-refractivity contribution in [1.82, 2.24) is 25.2 Å². The van der Waals surface area contributed by atoms with Crippen LogP contribution in [-0.2, 0) is 13.6 Å². The highest BCUT2D eigenvalue weighted by Crippen LogP contribution is 2.10. The summed E-state index contributed by atoms with van der Waals surface area (Å²) in [6.07, 6.45) is 1.85. The summed E-state index contributed by atoms with van der Waals surface area (Å²) in [6.45, 7) is 7.57. The number of hydrogen-bond acceptors (Lipinski definition) is 4. The Balaban J connectivity index is 0.00000128. The predicted molar refractivity (Wildman–Crippen MR) is 65.6 cm³/mol.